The molecule has 0 saturated carbocycles. The maximum atomic E-state index is 10.3. The van der Waals surface area contributed by atoms with Crippen LogP contribution in [0.1, 0.15) is 50.6 Å². The first-order valence-electron chi connectivity index (χ1n) is 9.30. The molecule has 136 valence electrons. The highest BCUT2D eigenvalue weighted by molar-refractivity contribution is 6.01. The van der Waals surface area contributed by atoms with Crippen LogP contribution >= 0.6 is 0 Å². The van der Waals surface area contributed by atoms with E-state index in [2.05, 4.69) is 30.5 Å². The predicted molar refractivity (Wildman–Crippen MR) is 99.6 cm³/mol. The molecule has 0 unspecified atom stereocenters. The largest absolute Gasteiger partial charge is 0.385 e. The first kappa shape index (κ1) is 17.0. The van der Waals surface area contributed by atoms with E-state index in [0.29, 0.717) is 18.3 Å². The van der Waals surface area contributed by atoms with Crippen LogP contribution in [-0.4, -0.2) is 49.2 Å². The fourth-order valence-corrected chi connectivity index (χ4v) is 4.04. The van der Waals surface area contributed by atoms with Crippen molar-refractivity contribution in [2.45, 2.75) is 44.8 Å². The molecule has 1 fully saturated rings. The molecule has 7 nitrogen and oxygen atoms in total. The Bertz CT molecular complexity index is 950. The Morgan fingerprint density at radius 2 is 2.35 bits per heavy atom. The summed E-state index contributed by atoms with van der Waals surface area (Å²) in [7, 11) is 0. The van der Waals surface area contributed by atoms with E-state index in [1.807, 2.05) is 12.3 Å². The van der Waals surface area contributed by atoms with Gasteiger partial charge in [0.2, 0.25) is 0 Å². The quantitative estimate of drug-likeness (QED) is 0.665. The molecule has 0 spiro atoms. The van der Waals surface area contributed by atoms with Crippen LogP contribution in [-0.2, 0) is 0 Å². The summed E-state index contributed by atoms with van der Waals surface area (Å²) >= 11 is 0. The lowest BCUT2D eigenvalue weighted by molar-refractivity contribution is 0.181. The summed E-state index contributed by atoms with van der Waals surface area (Å²) in [6, 6.07) is 4.53. The Morgan fingerprint density at radius 3 is 3.15 bits per heavy atom. The minimum Gasteiger partial charge on any atom is -0.385 e. The molecule has 1 aliphatic heterocycles. The molecule has 2 atom stereocenters. The van der Waals surface area contributed by atoms with Gasteiger partial charge in [0, 0.05) is 37.1 Å². The number of aromatic amines is 1. The second-order valence-corrected chi connectivity index (χ2v) is 7.11. The normalized spacial score (nSPS) is 19.3. The maximum absolute atomic E-state index is 10.3. The maximum Gasteiger partial charge on any atom is 0.139 e. The van der Waals surface area contributed by atoms with Crippen LogP contribution in [0.15, 0.2) is 18.5 Å². The molecule has 1 saturated heterocycles. The van der Waals surface area contributed by atoms with Gasteiger partial charge in [0.25, 0.3) is 0 Å². The first-order valence-corrected chi connectivity index (χ1v) is 9.30. The number of fused-ring (bicyclic) bond motifs is 3. The highest BCUT2D eigenvalue weighted by Gasteiger charge is 2.29. The van der Waals surface area contributed by atoms with Crippen molar-refractivity contribution in [3.8, 4) is 6.07 Å². The van der Waals surface area contributed by atoms with E-state index >= 15 is 0 Å². The van der Waals surface area contributed by atoms with Crippen LogP contribution < -0.4 is 0 Å². The fraction of sp³-hybridized carbons (Fsp3) is 0.526. The summed E-state index contributed by atoms with van der Waals surface area (Å²) in [6.07, 6.45) is 6.74. The van der Waals surface area contributed by atoms with Gasteiger partial charge >= 0.3 is 0 Å². The second-order valence-electron chi connectivity index (χ2n) is 7.11. The molecular formula is C19H24N6O. The molecule has 4 heterocycles. The zero-order valence-corrected chi connectivity index (χ0v) is 15.0. The predicted octanol–water partition coefficient (Wildman–Crippen LogP) is 2.91. The van der Waals surface area contributed by atoms with Gasteiger partial charge in [-0.25, -0.2) is 9.97 Å². The van der Waals surface area contributed by atoms with Crippen molar-refractivity contribution in [2.75, 3.05) is 19.6 Å². The summed E-state index contributed by atoms with van der Waals surface area (Å²) in [5.41, 5.74) is 2.74. The summed E-state index contributed by atoms with van der Waals surface area (Å²) in [5.74, 6) is 0.715. The van der Waals surface area contributed by atoms with Gasteiger partial charge in [-0.15, -0.1) is 0 Å². The average Bonchev–Trinajstić information content (AvgIpc) is 3.34. The van der Waals surface area contributed by atoms with E-state index in [1.165, 1.54) is 0 Å². The number of aliphatic hydroxyl groups is 1. The fourth-order valence-electron chi connectivity index (χ4n) is 4.04. The Kier molecular flexibility index (Phi) is 4.62. The number of aliphatic hydroxyl groups excluding tert-OH is 1. The van der Waals surface area contributed by atoms with E-state index in [0.717, 1.165) is 61.0 Å². The third kappa shape index (κ3) is 2.96. The van der Waals surface area contributed by atoms with Gasteiger partial charge in [-0.3, -0.25) is 0 Å². The third-order valence-electron chi connectivity index (χ3n) is 5.26. The van der Waals surface area contributed by atoms with Gasteiger partial charge < -0.3 is 19.6 Å². The number of imidazole rings is 1. The minimum absolute atomic E-state index is 0.293. The van der Waals surface area contributed by atoms with Crippen molar-refractivity contribution >= 4 is 22.1 Å². The second kappa shape index (κ2) is 7.06. The van der Waals surface area contributed by atoms with Gasteiger partial charge in [-0.1, -0.05) is 0 Å². The first-order chi connectivity index (χ1) is 12.7. The number of hydrogen-bond acceptors (Lipinski definition) is 5. The van der Waals surface area contributed by atoms with E-state index in [9.17, 15) is 5.11 Å². The Morgan fingerprint density at radius 1 is 1.46 bits per heavy atom. The Hall–Kier alpha value is -2.43. The number of aromatic nitrogens is 4. The van der Waals surface area contributed by atoms with Crippen molar-refractivity contribution in [2.24, 2.45) is 0 Å². The van der Waals surface area contributed by atoms with Crippen LogP contribution in [0.5, 0.6) is 0 Å². The lowest BCUT2D eigenvalue weighted by Gasteiger charge is -2.20. The Balaban J connectivity index is 1.66. The van der Waals surface area contributed by atoms with E-state index in [1.54, 1.807) is 13.1 Å². The minimum atomic E-state index is -0.624. The topological polar surface area (TPSA) is 93.8 Å². The lowest BCUT2D eigenvalue weighted by Crippen LogP contribution is -2.23. The zero-order chi connectivity index (χ0) is 18.1. The molecule has 26 heavy (non-hydrogen) atoms. The highest BCUT2D eigenvalue weighted by Crippen LogP contribution is 2.33. The van der Waals surface area contributed by atoms with Crippen molar-refractivity contribution in [1.29, 1.82) is 5.26 Å². The van der Waals surface area contributed by atoms with Gasteiger partial charge in [-0.05, 0) is 38.8 Å². The van der Waals surface area contributed by atoms with Gasteiger partial charge in [0.15, 0.2) is 0 Å². The third-order valence-corrected chi connectivity index (χ3v) is 5.26. The van der Waals surface area contributed by atoms with Gasteiger partial charge in [0.05, 0.1) is 17.8 Å². The van der Waals surface area contributed by atoms with Crippen LogP contribution in [0, 0.1) is 11.3 Å². The van der Waals surface area contributed by atoms with E-state index < -0.39 is 6.10 Å². The number of pyridine rings is 1. The number of unbranched alkanes of at least 4 members (excludes halogenated alkanes) is 2. The Labute approximate surface area is 152 Å². The number of hydrogen-bond donors (Lipinski definition) is 2. The standard InChI is InChI=1S/C19H24N6O/c1-13(26)19-23-16-11-22-18-15(5-8-21-18)17(16)25(19)14-6-10-24(12-14)9-4-2-3-7-20/h5,8,11,13-14,26H,2-4,6,9-10,12H2,1H3,(H,21,22)/t13-,14+/m1/s1. The van der Waals surface area contributed by atoms with Crippen molar-refractivity contribution in [3.63, 3.8) is 0 Å². The average molecular weight is 352 g/mol. The van der Waals surface area contributed by atoms with Crippen LogP contribution in [0.25, 0.3) is 22.1 Å². The lowest BCUT2D eigenvalue weighted by atomic mass is 10.2. The monoisotopic (exact) mass is 352 g/mol. The molecule has 7 heteroatoms. The zero-order valence-electron chi connectivity index (χ0n) is 15.0. The van der Waals surface area contributed by atoms with Gasteiger partial charge in [-0.2, -0.15) is 5.26 Å². The molecular weight excluding hydrogens is 328 g/mol. The van der Waals surface area contributed by atoms with Crippen LogP contribution in [0.4, 0.5) is 0 Å². The molecule has 2 N–H and O–H groups in total. The molecule has 3 aromatic heterocycles. The molecule has 0 aliphatic carbocycles. The smallest absolute Gasteiger partial charge is 0.139 e. The molecule has 0 aromatic carbocycles. The number of nitriles is 1. The van der Waals surface area contributed by atoms with Crippen molar-refractivity contribution in [3.05, 3.63) is 24.3 Å². The molecule has 3 aromatic rings. The van der Waals surface area contributed by atoms with E-state index in [-0.39, 0.29) is 0 Å². The summed E-state index contributed by atoms with van der Waals surface area (Å²) in [5, 5.41) is 20.0. The SMILES string of the molecule is C[C@@H](O)c1nc2cnc3[nH]ccc3c2n1[C@H]1CCN(CCCCC#N)C1. The molecule has 0 radical (unpaired) electrons. The molecule has 1 aliphatic rings. The van der Waals surface area contributed by atoms with Crippen LogP contribution in [0.3, 0.4) is 0 Å². The number of H-pyrrole nitrogens is 1. The highest BCUT2D eigenvalue weighted by atomic mass is 16.3. The number of nitrogens with zero attached hydrogens (tertiary/aromatic N) is 5. The van der Waals surface area contributed by atoms with Crippen LogP contribution in [0.2, 0.25) is 0 Å². The summed E-state index contributed by atoms with van der Waals surface area (Å²) in [4.78, 5) is 14.7. The molecule has 0 bridgehead atoms. The number of rotatable bonds is 6. The molecule has 4 rings (SSSR count). The van der Waals surface area contributed by atoms with Crippen molar-refractivity contribution < 1.29 is 5.11 Å². The van der Waals surface area contributed by atoms with Crippen molar-refractivity contribution in [1.82, 2.24) is 24.4 Å². The van der Waals surface area contributed by atoms with E-state index in [4.69, 9.17) is 5.26 Å². The summed E-state index contributed by atoms with van der Waals surface area (Å²) in [6.45, 7) is 4.79. The van der Waals surface area contributed by atoms with Gasteiger partial charge in [0.1, 0.15) is 23.1 Å². The summed E-state index contributed by atoms with van der Waals surface area (Å²) < 4.78 is 2.23. The molecule has 0 amide bonds. The number of likely N-dealkylation sites (tertiary alicyclic amines) is 1. The number of nitrogens with one attached hydrogen (secondary N) is 1.